The standard InChI is InChI=1S/C25H27Cl2N5O2S/c26-20-9-8-19(15-21(20)27)29-25-30-22(17-35-25)24(34)32-13-11-31(12-14-32)16-23(33)28-10-4-7-18-5-2-1-3-6-18/h1-3,5-6,8-9,15,17H,4,7,10-14,16H2,(H,28,33)(H,29,30). The third-order valence-electron chi connectivity index (χ3n) is 5.73. The number of hydrogen-bond acceptors (Lipinski definition) is 6. The molecule has 0 unspecified atom stereocenters. The largest absolute Gasteiger partial charge is 0.355 e. The minimum atomic E-state index is -0.103. The molecule has 2 aromatic carbocycles. The molecule has 0 aliphatic carbocycles. The number of piperazine rings is 1. The second-order valence-electron chi connectivity index (χ2n) is 8.30. The SMILES string of the molecule is O=C(CN1CCN(C(=O)c2csc(Nc3ccc(Cl)c(Cl)c3)n2)CC1)NCCCc1ccccc1. The molecule has 0 bridgehead atoms. The Morgan fingerprint density at radius 3 is 2.51 bits per heavy atom. The quantitative estimate of drug-likeness (QED) is 0.391. The molecular formula is C25H27Cl2N5O2S. The van der Waals surface area contributed by atoms with E-state index in [1.807, 2.05) is 18.2 Å². The van der Waals surface area contributed by atoms with E-state index in [9.17, 15) is 9.59 Å². The molecule has 184 valence electrons. The monoisotopic (exact) mass is 531 g/mol. The van der Waals surface area contributed by atoms with Crippen LogP contribution in [0.2, 0.25) is 10.0 Å². The maximum atomic E-state index is 12.9. The minimum absolute atomic E-state index is 0.0235. The molecule has 7 nitrogen and oxygen atoms in total. The van der Waals surface area contributed by atoms with Crippen LogP contribution in [0.4, 0.5) is 10.8 Å². The summed E-state index contributed by atoms with van der Waals surface area (Å²) in [4.78, 5) is 33.5. The van der Waals surface area contributed by atoms with Gasteiger partial charge in [0.2, 0.25) is 5.91 Å². The van der Waals surface area contributed by atoms with Gasteiger partial charge in [0.15, 0.2) is 5.13 Å². The van der Waals surface area contributed by atoms with Crippen molar-refractivity contribution in [3.05, 3.63) is 75.2 Å². The zero-order valence-electron chi connectivity index (χ0n) is 19.2. The van der Waals surface area contributed by atoms with Crippen molar-refractivity contribution in [3.8, 4) is 0 Å². The fourth-order valence-corrected chi connectivity index (χ4v) is 4.82. The molecule has 4 rings (SSSR count). The van der Waals surface area contributed by atoms with Crippen LogP contribution in [0.1, 0.15) is 22.5 Å². The molecule has 35 heavy (non-hydrogen) atoms. The van der Waals surface area contributed by atoms with Gasteiger partial charge in [0.05, 0.1) is 16.6 Å². The van der Waals surface area contributed by atoms with Crippen molar-refractivity contribution in [3.63, 3.8) is 0 Å². The lowest BCUT2D eigenvalue weighted by molar-refractivity contribution is -0.122. The molecule has 2 N–H and O–H groups in total. The molecule has 10 heteroatoms. The van der Waals surface area contributed by atoms with Crippen molar-refractivity contribution in [1.82, 2.24) is 20.1 Å². The molecule has 1 aromatic heterocycles. The van der Waals surface area contributed by atoms with Crippen LogP contribution >= 0.6 is 34.5 Å². The van der Waals surface area contributed by atoms with E-state index < -0.39 is 0 Å². The lowest BCUT2D eigenvalue weighted by atomic mass is 10.1. The first-order valence-corrected chi connectivity index (χ1v) is 13.1. The summed E-state index contributed by atoms with van der Waals surface area (Å²) >= 11 is 13.4. The van der Waals surface area contributed by atoms with Gasteiger partial charge >= 0.3 is 0 Å². The summed E-state index contributed by atoms with van der Waals surface area (Å²) in [6.07, 6.45) is 1.86. The number of anilines is 2. The molecule has 1 aliphatic rings. The van der Waals surface area contributed by atoms with Gasteiger partial charge < -0.3 is 15.5 Å². The summed E-state index contributed by atoms with van der Waals surface area (Å²) in [5.41, 5.74) is 2.43. The van der Waals surface area contributed by atoms with Crippen LogP contribution in [0.15, 0.2) is 53.9 Å². The summed E-state index contributed by atoms with van der Waals surface area (Å²) in [5.74, 6) is -0.0798. The van der Waals surface area contributed by atoms with Crippen molar-refractivity contribution in [2.45, 2.75) is 12.8 Å². The number of carbonyl (C=O) groups excluding carboxylic acids is 2. The number of rotatable bonds is 9. The van der Waals surface area contributed by atoms with Crippen LogP contribution in [0.25, 0.3) is 0 Å². The Kier molecular flexibility index (Phi) is 8.98. The van der Waals surface area contributed by atoms with Crippen LogP contribution in [0, 0.1) is 0 Å². The van der Waals surface area contributed by atoms with E-state index in [-0.39, 0.29) is 11.8 Å². The summed E-state index contributed by atoms with van der Waals surface area (Å²) in [5, 5.41) is 9.43. The van der Waals surface area contributed by atoms with Gasteiger partial charge in [0.25, 0.3) is 5.91 Å². The summed E-state index contributed by atoms with van der Waals surface area (Å²) < 4.78 is 0. The van der Waals surface area contributed by atoms with Crippen molar-refractivity contribution in [2.75, 3.05) is 44.6 Å². The molecule has 0 atom stereocenters. The lowest BCUT2D eigenvalue weighted by Gasteiger charge is -2.33. The molecule has 3 aromatic rings. The number of hydrogen-bond donors (Lipinski definition) is 2. The van der Waals surface area contributed by atoms with Gasteiger partial charge in [-0.3, -0.25) is 14.5 Å². The number of aryl methyl sites for hydroxylation is 1. The number of aromatic nitrogens is 1. The summed E-state index contributed by atoms with van der Waals surface area (Å²) in [7, 11) is 0. The zero-order valence-corrected chi connectivity index (χ0v) is 21.5. The van der Waals surface area contributed by atoms with Gasteiger partial charge in [-0.05, 0) is 36.6 Å². The molecule has 1 fully saturated rings. The highest BCUT2D eigenvalue weighted by Crippen LogP contribution is 2.28. The number of nitrogens with one attached hydrogen (secondary N) is 2. The highest BCUT2D eigenvalue weighted by Gasteiger charge is 2.24. The first-order valence-electron chi connectivity index (χ1n) is 11.5. The van der Waals surface area contributed by atoms with Crippen LogP contribution in [0.5, 0.6) is 0 Å². The third-order valence-corrected chi connectivity index (χ3v) is 7.22. The Morgan fingerprint density at radius 2 is 1.77 bits per heavy atom. The number of halogens is 2. The number of carbonyl (C=O) groups is 2. The molecule has 0 radical (unpaired) electrons. The summed E-state index contributed by atoms with van der Waals surface area (Å²) in [6.45, 7) is 3.44. The molecular weight excluding hydrogens is 505 g/mol. The van der Waals surface area contributed by atoms with Crippen LogP contribution in [0.3, 0.4) is 0 Å². The van der Waals surface area contributed by atoms with Gasteiger partial charge in [-0.25, -0.2) is 4.98 Å². The van der Waals surface area contributed by atoms with Crippen LogP contribution < -0.4 is 10.6 Å². The topological polar surface area (TPSA) is 77.6 Å². The van der Waals surface area contributed by atoms with Crippen molar-refractivity contribution in [1.29, 1.82) is 0 Å². The molecule has 1 aliphatic heterocycles. The lowest BCUT2D eigenvalue weighted by Crippen LogP contribution is -2.51. The Morgan fingerprint density at radius 1 is 1.00 bits per heavy atom. The highest BCUT2D eigenvalue weighted by atomic mass is 35.5. The van der Waals surface area contributed by atoms with E-state index in [1.165, 1.54) is 16.9 Å². The normalized spacial score (nSPS) is 14.1. The molecule has 2 amide bonds. The van der Waals surface area contributed by atoms with E-state index in [1.54, 1.807) is 28.5 Å². The van der Waals surface area contributed by atoms with Gasteiger partial charge in [-0.2, -0.15) is 0 Å². The molecule has 0 spiro atoms. The predicted molar refractivity (Wildman–Crippen MR) is 142 cm³/mol. The minimum Gasteiger partial charge on any atom is -0.355 e. The second-order valence-corrected chi connectivity index (χ2v) is 9.97. The van der Waals surface area contributed by atoms with E-state index in [0.717, 1.165) is 18.5 Å². The maximum Gasteiger partial charge on any atom is 0.273 e. The Labute approximate surface area is 219 Å². The second kappa shape index (κ2) is 12.4. The number of amides is 2. The number of thiazole rings is 1. The van der Waals surface area contributed by atoms with Crippen molar-refractivity contribution >= 4 is 57.2 Å². The van der Waals surface area contributed by atoms with Gasteiger partial charge in [0.1, 0.15) is 5.69 Å². The first-order chi connectivity index (χ1) is 17.0. The van der Waals surface area contributed by atoms with Crippen molar-refractivity contribution in [2.24, 2.45) is 0 Å². The number of benzene rings is 2. The van der Waals surface area contributed by atoms with Crippen molar-refractivity contribution < 1.29 is 9.59 Å². The first kappa shape index (κ1) is 25.4. The average molecular weight is 532 g/mol. The smallest absolute Gasteiger partial charge is 0.273 e. The fraction of sp³-hybridized carbons (Fsp3) is 0.320. The highest BCUT2D eigenvalue weighted by molar-refractivity contribution is 7.14. The third kappa shape index (κ3) is 7.41. The van der Waals surface area contributed by atoms with E-state index in [2.05, 4.69) is 32.7 Å². The van der Waals surface area contributed by atoms with E-state index in [4.69, 9.17) is 23.2 Å². The Hall–Kier alpha value is -2.65. The molecule has 1 saturated heterocycles. The van der Waals surface area contributed by atoms with Gasteiger partial charge in [-0.1, -0.05) is 53.5 Å². The van der Waals surface area contributed by atoms with Crippen LogP contribution in [-0.2, 0) is 11.2 Å². The van der Waals surface area contributed by atoms with Gasteiger partial charge in [0, 0.05) is 43.8 Å². The van der Waals surface area contributed by atoms with Crippen LogP contribution in [-0.4, -0.2) is 65.9 Å². The molecule has 2 heterocycles. The zero-order chi connectivity index (χ0) is 24.6. The fourth-order valence-electron chi connectivity index (χ4n) is 3.82. The Balaban J connectivity index is 1.17. The van der Waals surface area contributed by atoms with E-state index >= 15 is 0 Å². The average Bonchev–Trinajstić information content (AvgIpc) is 3.33. The summed E-state index contributed by atoms with van der Waals surface area (Å²) in [6, 6.07) is 15.5. The maximum absolute atomic E-state index is 12.9. The molecule has 0 saturated carbocycles. The number of nitrogens with zero attached hydrogens (tertiary/aromatic N) is 3. The predicted octanol–water partition coefficient (Wildman–Crippen LogP) is 4.70. The van der Waals surface area contributed by atoms with Gasteiger partial charge in [-0.15, -0.1) is 11.3 Å². The Bertz CT molecular complexity index is 1150. The van der Waals surface area contributed by atoms with E-state index in [0.29, 0.717) is 60.1 Å².